The summed E-state index contributed by atoms with van der Waals surface area (Å²) < 4.78 is 24.2. The van der Waals surface area contributed by atoms with E-state index in [1.54, 1.807) is 23.5 Å². The summed E-state index contributed by atoms with van der Waals surface area (Å²) in [7, 11) is 0. The largest absolute Gasteiger partial charge is 0.494 e. The Balaban J connectivity index is 1.22. The normalized spacial score (nSPS) is 14.4. The molecule has 8 heteroatoms. The monoisotopic (exact) mass is 455 g/mol. The van der Waals surface area contributed by atoms with Crippen LogP contribution in [0.1, 0.15) is 11.9 Å². The SMILES string of the molecule is CCOc1ccc(OCC(=O)N2CCN(Cc3nc(-c4ccc(F)cc4)cs3)CC2)cc1. The van der Waals surface area contributed by atoms with Crippen molar-refractivity contribution in [3.63, 3.8) is 0 Å². The molecular formula is C24H26FN3O3S. The number of nitrogens with zero attached hydrogens (tertiary/aromatic N) is 3. The van der Waals surface area contributed by atoms with Gasteiger partial charge in [0.15, 0.2) is 6.61 Å². The highest BCUT2D eigenvalue weighted by atomic mass is 32.1. The summed E-state index contributed by atoms with van der Waals surface area (Å²) in [4.78, 5) is 21.3. The van der Waals surface area contributed by atoms with Crippen molar-refractivity contribution in [2.75, 3.05) is 39.4 Å². The Morgan fingerprint density at radius 2 is 1.66 bits per heavy atom. The van der Waals surface area contributed by atoms with Gasteiger partial charge in [0.2, 0.25) is 0 Å². The van der Waals surface area contributed by atoms with Crippen molar-refractivity contribution in [1.82, 2.24) is 14.8 Å². The second-order valence-electron chi connectivity index (χ2n) is 7.48. The zero-order valence-electron chi connectivity index (χ0n) is 18.0. The van der Waals surface area contributed by atoms with Gasteiger partial charge in [-0.15, -0.1) is 11.3 Å². The Morgan fingerprint density at radius 3 is 2.31 bits per heavy atom. The fourth-order valence-corrected chi connectivity index (χ4v) is 4.36. The highest BCUT2D eigenvalue weighted by Crippen LogP contribution is 2.23. The molecule has 0 saturated carbocycles. The standard InChI is InChI=1S/C24H26FN3O3S/c1-2-30-20-7-9-21(10-8-20)31-16-24(29)28-13-11-27(12-14-28)15-23-26-22(17-32-23)18-3-5-19(25)6-4-18/h3-10,17H,2,11-16H2,1H3. The lowest BCUT2D eigenvalue weighted by atomic mass is 10.2. The highest BCUT2D eigenvalue weighted by molar-refractivity contribution is 7.09. The van der Waals surface area contributed by atoms with Crippen LogP contribution in [0.2, 0.25) is 0 Å². The first-order valence-corrected chi connectivity index (χ1v) is 11.5. The van der Waals surface area contributed by atoms with Gasteiger partial charge < -0.3 is 14.4 Å². The number of carbonyl (C=O) groups excluding carboxylic acids is 1. The lowest BCUT2D eigenvalue weighted by molar-refractivity contribution is -0.135. The molecule has 0 N–H and O–H groups in total. The lowest BCUT2D eigenvalue weighted by Gasteiger charge is -2.34. The topological polar surface area (TPSA) is 54.9 Å². The van der Waals surface area contributed by atoms with Crippen LogP contribution >= 0.6 is 11.3 Å². The average Bonchev–Trinajstić information content (AvgIpc) is 3.28. The lowest BCUT2D eigenvalue weighted by Crippen LogP contribution is -2.49. The number of ether oxygens (including phenoxy) is 2. The summed E-state index contributed by atoms with van der Waals surface area (Å²) >= 11 is 1.60. The van der Waals surface area contributed by atoms with E-state index >= 15 is 0 Å². The van der Waals surface area contributed by atoms with Gasteiger partial charge in [-0.05, 0) is 55.5 Å². The second-order valence-corrected chi connectivity index (χ2v) is 8.43. The maximum absolute atomic E-state index is 13.1. The van der Waals surface area contributed by atoms with Gasteiger partial charge >= 0.3 is 0 Å². The van der Waals surface area contributed by atoms with E-state index in [0.29, 0.717) is 25.4 Å². The van der Waals surface area contributed by atoms with Gasteiger partial charge in [0, 0.05) is 37.1 Å². The van der Waals surface area contributed by atoms with E-state index in [2.05, 4.69) is 9.88 Å². The van der Waals surface area contributed by atoms with Crippen LogP contribution in [0.3, 0.4) is 0 Å². The maximum atomic E-state index is 13.1. The average molecular weight is 456 g/mol. The zero-order valence-corrected chi connectivity index (χ0v) is 18.8. The van der Waals surface area contributed by atoms with Gasteiger partial charge in [0.05, 0.1) is 18.8 Å². The Hall–Kier alpha value is -2.97. The summed E-state index contributed by atoms with van der Waals surface area (Å²) in [5, 5.41) is 3.02. The van der Waals surface area contributed by atoms with Gasteiger partial charge in [-0.25, -0.2) is 9.37 Å². The number of halogens is 1. The number of rotatable bonds is 8. The number of hydrogen-bond donors (Lipinski definition) is 0. The molecule has 6 nitrogen and oxygen atoms in total. The Morgan fingerprint density at radius 1 is 1.00 bits per heavy atom. The Labute approximate surface area is 191 Å². The van der Waals surface area contributed by atoms with Crippen LogP contribution < -0.4 is 9.47 Å². The minimum Gasteiger partial charge on any atom is -0.494 e. The van der Waals surface area contributed by atoms with Crippen molar-refractivity contribution < 1.29 is 18.7 Å². The van der Waals surface area contributed by atoms with E-state index in [1.165, 1.54) is 12.1 Å². The summed E-state index contributed by atoms with van der Waals surface area (Å²) in [6.07, 6.45) is 0. The van der Waals surface area contributed by atoms with E-state index in [9.17, 15) is 9.18 Å². The molecule has 32 heavy (non-hydrogen) atoms. The predicted molar refractivity (Wildman–Crippen MR) is 122 cm³/mol. The number of hydrogen-bond acceptors (Lipinski definition) is 6. The first-order chi connectivity index (χ1) is 15.6. The van der Waals surface area contributed by atoms with Crippen LogP contribution in [-0.4, -0.2) is 60.1 Å². The van der Waals surface area contributed by atoms with Crippen LogP contribution in [0.15, 0.2) is 53.9 Å². The smallest absolute Gasteiger partial charge is 0.260 e. The molecule has 1 aliphatic heterocycles. The van der Waals surface area contributed by atoms with Crippen molar-refractivity contribution in [3.8, 4) is 22.8 Å². The van der Waals surface area contributed by atoms with Gasteiger partial charge in [-0.2, -0.15) is 0 Å². The molecule has 3 aromatic rings. The molecular weight excluding hydrogens is 429 g/mol. The number of thiazole rings is 1. The third kappa shape index (κ3) is 5.83. The number of benzene rings is 2. The van der Waals surface area contributed by atoms with Crippen molar-refractivity contribution in [2.45, 2.75) is 13.5 Å². The molecule has 1 saturated heterocycles. The molecule has 1 aliphatic rings. The van der Waals surface area contributed by atoms with E-state index in [0.717, 1.165) is 41.6 Å². The zero-order chi connectivity index (χ0) is 22.3. The first kappa shape index (κ1) is 22.2. The molecule has 0 bridgehead atoms. The Kier molecular flexibility index (Phi) is 7.34. The van der Waals surface area contributed by atoms with Gasteiger partial charge in [-0.3, -0.25) is 9.69 Å². The second kappa shape index (κ2) is 10.6. The number of piperazine rings is 1. The van der Waals surface area contributed by atoms with E-state index in [1.807, 2.05) is 41.5 Å². The molecule has 0 radical (unpaired) electrons. The third-order valence-corrected chi connectivity index (χ3v) is 6.11. The van der Waals surface area contributed by atoms with Crippen LogP contribution in [0, 0.1) is 5.82 Å². The molecule has 2 aromatic carbocycles. The van der Waals surface area contributed by atoms with Crippen molar-refractivity contribution in [2.24, 2.45) is 0 Å². The minimum atomic E-state index is -0.249. The molecule has 0 spiro atoms. The summed E-state index contributed by atoms with van der Waals surface area (Å²) in [6.45, 7) is 6.25. The van der Waals surface area contributed by atoms with Crippen LogP contribution in [-0.2, 0) is 11.3 Å². The highest BCUT2D eigenvalue weighted by Gasteiger charge is 2.22. The van der Waals surface area contributed by atoms with Crippen molar-refractivity contribution >= 4 is 17.2 Å². The molecule has 4 rings (SSSR count). The Bertz CT molecular complexity index is 1020. The quantitative estimate of drug-likeness (QED) is 0.513. The molecule has 0 atom stereocenters. The fourth-order valence-electron chi connectivity index (χ4n) is 3.52. The number of amides is 1. The molecule has 2 heterocycles. The third-order valence-electron chi connectivity index (χ3n) is 5.27. The molecule has 168 valence electrons. The van der Waals surface area contributed by atoms with Crippen LogP contribution in [0.4, 0.5) is 4.39 Å². The molecule has 1 amide bonds. The van der Waals surface area contributed by atoms with Crippen molar-refractivity contribution in [3.05, 3.63) is 64.7 Å². The molecule has 1 fully saturated rings. The van der Waals surface area contributed by atoms with Crippen molar-refractivity contribution in [1.29, 1.82) is 0 Å². The predicted octanol–water partition coefficient (Wildman–Crippen LogP) is 4.07. The number of aromatic nitrogens is 1. The summed E-state index contributed by atoms with van der Waals surface area (Å²) in [5.74, 6) is 1.18. The molecule has 0 aliphatic carbocycles. The minimum absolute atomic E-state index is 0.00798. The molecule has 0 unspecified atom stereocenters. The number of carbonyl (C=O) groups is 1. The van der Waals surface area contributed by atoms with E-state index in [-0.39, 0.29) is 18.3 Å². The van der Waals surface area contributed by atoms with E-state index < -0.39 is 0 Å². The molecule has 1 aromatic heterocycles. The fraction of sp³-hybridized carbons (Fsp3) is 0.333. The van der Waals surface area contributed by atoms with Gasteiger partial charge in [-0.1, -0.05) is 0 Å². The van der Waals surface area contributed by atoms with Gasteiger partial charge in [0.1, 0.15) is 22.3 Å². The first-order valence-electron chi connectivity index (χ1n) is 10.7. The summed E-state index contributed by atoms with van der Waals surface area (Å²) in [5.41, 5.74) is 1.78. The van der Waals surface area contributed by atoms with E-state index in [4.69, 9.17) is 9.47 Å². The van der Waals surface area contributed by atoms with Crippen LogP contribution in [0.5, 0.6) is 11.5 Å². The summed E-state index contributed by atoms with van der Waals surface area (Å²) in [6, 6.07) is 13.7. The van der Waals surface area contributed by atoms with Crippen LogP contribution in [0.25, 0.3) is 11.3 Å². The maximum Gasteiger partial charge on any atom is 0.260 e. The van der Waals surface area contributed by atoms with Gasteiger partial charge in [0.25, 0.3) is 5.91 Å².